The van der Waals surface area contributed by atoms with Gasteiger partial charge in [-0.2, -0.15) is 5.10 Å². The van der Waals surface area contributed by atoms with Gasteiger partial charge in [0.2, 0.25) is 0 Å². The molecule has 2 unspecified atom stereocenters. The highest BCUT2D eigenvalue weighted by Crippen LogP contribution is 2.27. The molecule has 1 aliphatic heterocycles. The van der Waals surface area contributed by atoms with Crippen LogP contribution in [0.4, 0.5) is 0 Å². The van der Waals surface area contributed by atoms with Crippen molar-refractivity contribution in [1.82, 2.24) is 25.9 Å². The van der Waals surface area contributed by atoms with E-state index in [4.69, 9.17) is 4.74 Å². The average Bonchev–Trinajstić information content (AvgIpc) is 3.09. The molecule has 0 bridgehead atoms. The van der Waals surface area contributed by atoms with E-state index in [-0.39, 0.29) is 29.4 Å². The molecule has 9 heteroatoms. The molecule has 0 aliphatic carbocycles. The molecule has 0 saturated carbocycles. The van der Waals surface area contributed by atoms with Crippen LogP contribution >= 0.6 is 15.9 Å². The zero-order valence-corrected chi connectivity index (χ0v) is 15.8. The summed E-state index contributed by atoms with van der Waals surface area (Å²) in [5.41, 5.74) is 7.29. The van der Waals surface area contributed by atoms with E-state index < -0.39 is 0 Å². The summed E-state index contributed by atoms with van der Waals surface area (Å²) in [4.78, 5) is 24.2. The number of hydrogen-bond donors (Lipinski definition) is 3. The van der Waals surface area contributed by atoms with Crippen molar-refractivity contribution < 1.29 is 9.53 Å². The molecule has 0 spiro atoms. The van der Waals surface area contributed by atoms with E-state index in [0.717, 1.165) is 10.0 Å². The molecule has 1 saturated heterocycles. The Bertz CT molecular complexity index is 841. The van der Waals surface area contributed by atoms with Crippen molar-refractivity contribution in [1.29, 1.82) is 0 Å². The molecular formula is C17H20BrN5O3. The SMILES string of the molecule is COCCn1nc(C(=O)NC2CC(c3ccccc3Br)NN2)ccc1=O. The van der Waals surface area contributed by atoms with Crippen LogP contribution in [-0.4, -0.2) is 35.6 Å². The van der Waals surface area contributed by atoms with Gasteiger partial charge in [-0.25, -0.2) is 15.5 Å². The Labute approximate surface area is 159 Å². The third kappa shape index (κ3) is 4.36. The van der Waals surface area contributed by atoms with Crippen LogP contribution in [0.3, 0.4) is 0 Å². The molecular weight excluding hydrogens is 402 g/mol. The van der Waals surface area contributed by atoms with Gasteiger partial charge in [0.05, 0.1) is 25.4 Å². The molecule has 1 aromatic carbocycles. The Hall–Kier alpha value is -2.07. The monoisotopic (exact) mass is 421 g/mol. The lowest BCUT2D eigenvalue weighted by Crippen LogP contribution is -2.44. The van der Waals surface area contributed by atoms with Gasteiger partial charge in [0.1, 0.15) is 5.69 Å². The van der Waals surface area contributed by atoms with Gasteiger partial charge in [-0.15, -0.1) is 0 Å². The third-order valence-corrected chi connectivity index (χ3v) is 4.82. The van der Waals surface area contributed by atoms with Gasteiger partial charge in [-0.1, -0.05) is 34.1 Å². The number of benzene rings is 1. The van der Waals surface area contributed by atoms with E-state index in [0.29, 0.717) is 19.6 Å². The van der Waals surface area contributed by atoms with Crippen molar-refractivity contribution in [3.8, 4) is 0 Å². The molecule has 2 aromatic rings. The maximum absolute atomic E-state index is 12.5. The highest BCUT2D eigenvalue weighted by atomic mass is 79.9. The van der Waals surface area contributed by atoms with Crippen LogP contribution in [0.15, 0.2) is 45.7 Å². The van der Waals surface area contributed by atoms with E-state index >= 15 is 0 Å². The number of carbonyl (C=O) groups excluding carboxylic acids is 1. The predicted octanol–water partition coefficient (Wildman–Crippen LogP) is 0.947. The van der Waals surface area contributed by atoms with Crippen molar-refractivity contribution in [2.45, 2.75) is 25.2 Å². The van der Waals surface area contributed by atoms with Gasteiger partial charge in [-0.05, 0) is 17.7 Å². The van der Waals surface area contributed by atoms with Crippen LogP contribution in [0.25, 0.3) is 0 Å². The Morgan fingerprint density at radius 1 is 1.35 bits per heavy atom. The predicted molar refractivity (Wildman–Crippen MR) is 99.4 cm³/mol. The van der Waals surface area contributed by atoms with Gasteiger partial charge < -0.3 is 10.1 Å². The molecule has 3 rings (SSSR count). The molecule has 26 heavy (non-hydrogen) atoms. The maximum atomic E-state index is 12.5. The van der Waals surface area contributed by atoms with Gasteiger partial charge >= 0.3 is 0 Å². The van der Waals surface area contributed by atoms with E-state index in [1.165, 1.54) is 16.8 Å². The van der Waals surface area contributed by atoms with Gasteiger partial charge in [0, 0.05) is 24.1 Å². The minimum atomic E-state index is -0.344. The lowest BCUT2D eigenvalue weighted by molar-refractivity contribution is 0.0923. The molecule has 2 atom stereocenters. The Morgan fingerprint density at radius 2 is 2.15 bits per heavy atom. The maximum Gasteiger partial charge on any atom is 0.272 e. The number of hydrogen-bond acceptors (Lipinski definition) is 6. The number of nitrogens with zero attached hydrogens (tertiary/aromatic N) is 2. The van der Waals surface area contributed by atoms with Crippen molar-refractivity contribution in [3.63, 3.8) is 0 Å². The lowest BCUT2D eigenvalue weighted by atomic mass is 10.0. The van der Waals surface area contributed by atoms with Crippen LogP contribution in [0.5, 0.6) is 0 Å². The van der Waals surface area contributed by atoms with Crippen molar-refractivity contribution >= 4 is 21.8 Å². The minimum Gasteiger partial charge on any atom is -0.383 e. The smallest absolute Gasteiger partial charge is 0.272 e. The fourth-order valence-corrected chi connectivity index (χ4v) is 3.31. The summed E-state index contributed by atoms with van der Waals surface area (Å²) in [5, 5.41) is 6.98. The third-order valence-electron chi connectivity index (χ3n) is 4.10. The highest BCUT2D eigenvalue weighted by molar-refractivity contribution is 9.10. The topological polar surface area (TPSA) is 97.3 Å². The molecule has 8 nitrogen and oxygen atoms in total. The van der Waals surface area contributed by atoms with Crippen LogP contribution < -0.4 is 21.7 Å². The fraction of sp³-hybridized carbons (Fsp3) is 0.353. The molecule has 1 fully saturated rings. The number of methoxy groups -OCH3 is 1. The molecule has 1 aliphatic rings. The summed E-state index contributed by atoms with van der Waals surface area (Å²) >= 11 is 3.54. The zero-order chi connectivity index (χ0) is 18.5. The van der Waals surface area contributed by atoms with Crippen LogP contribution in [0, 0.1) is 0 Å². The first-order valence-corrected chi connectivity index (χ1v) is 9.01. The summed E-state index contributed by atoms with van der Waals surface area (Å²) in [6.07, 6.45) is 0.429. The summed E-state index contributed by atoms with van der Waals surface area (Å²) < 4.78 is 7.19. The second kappa shape index (κ2) is 8.54. The number of nitrogens with one attached hydrogen (secondary N) is 3. The molecule has 0 radical (unpaired) electrons. The second-order valence-electron chi connectivity index (χ2n) is 5.90. The van der Waals surface area contributed by atoms with Gasteiger partial charge in [0.25, 0.3) is 11.5 Å². The number of hydrazine groups is 1. The molecule has 138 valence electrons. The lowest BCUT2D eigenvalue weighted by Gasteiger charge is -2.13. The largest absolute Gasteiger partial charge is 0.383 e. The Morgan fingerprint density at radius 3 is 2.92 bits per heavy atom. The second-order valence-corrected chi connectivity index (χ2v) is 6.75. The normalized spacial score (nSPS) is 19.5. The van der Waals surface area contributed by atoms with Crippen LogP contribution in [-0.2, 0) is 11.3 Å². The Kier molecular flexibility index (Phi) is 6.15. The first-order valence-electron chi connectivity index (χ1n) is 8.22. The fourth-order valence-electron chi connectivity index (χ4n) is 2.75. The number of halogens is 1. The molecule has 1 amide bonds. The highest BCUT2D eigenvalue weighted by Gasteiger charge is 2.27. The van der Waals surface area contributed by atoms with Gasteiger partial charge in [0.15, 0.2) is 0 Å². The average molecular weight is 422 g/mol. The van der Waals surface area contributed by atoms with Crippen LogP contribution in [0.1, 0.15) is 28.5 Å². The first kappa shape index (κ1) is 18.7. The van der Waals surface area contributed by atoms with E-state index in [1.807, 2.05) is 24.3 Å². The number of rotatable bonds is 6. The molecule has 1 aromatic heterocycles. The van der Waals surface area contributed by atoms with E-state index in [2.05, 4.69) is 37.2 Å². The van der Waals surface area contributed by atoms with E-state index in [1.54, 1.807) is 7.11 Å². The summed E-state index contributed by atoms with van der Waals surface area (Å²) in [7, 11) is 1.54. The number of ether oxygens (including phenoxy) is 1. The van der Waals surface area contributed by atoms with Crippen molar-refractivity contribution in [2.75, 3.05) is 13.7 Å². The van der Waals surface area contributed by atoms with Crippen molar-refractivity contribution in [2.24, 2.45) is 0 Å². The summed E-state index contributed by atoms with van der Waals surface area (Å²) in [5.74, 6) is -0.344. The Balaban J connectivity index is 1.64. The first-order chi connectivity index (χ1) is 12.6. The van der Waals surface area contributed by atoms with Gasteiger partial charge in [-0.3, -0.25) is 9.59 Å². The summed E-state index contributed by atoms with van der Waals surface area (Å²) in [6, 6.07) is 10.8. The van der Waals surface area contributed by atoms with Crippen LogP contribution in [0.2, 0.25) is 0 Å². The number of aromatic nitrogens is 2. The standard InChI is InChI=1S/C17H20BrN5O3/c1-26-9-8-23-16(24)7-6-13(22-23)17(25)19-15-10-14(20-21-15)11-4-2-3-5-12(11)18/h2-7,14-15,20-21H,8-10H2,1H3,(H,19,25). The van der Waals surface area contributed by atoms with E-state index in [9.17, 15) is 9.59 Å². The number of amides is 1. The minimum absolute atomic E-state index is 0.0690. The van der Waals surface area contributed by atoms with Crippen molar-refractivity contribution in [3.05, 3.63) is 62.5 Å². The quantitative estimate of drug-likeness (QED) is 0.642. The molecule has 2 heterocycles. The molecule has 3 N–H and O–H groups in total. The summed E-state index contributed by atoms with van der Waals surface area (Å²) in [6.45, 7) is 0.642. The zero-order valence-electron chi connectivity index (χ0n) is 14.2. The number of carbonyl (C=O) groups is 1.